The van der Waals surface area contributed by atoms with E-state index in [-0.39, 0.29) is 6.54 Å². The SMILES string of the molecule is NC[14C@@H](O)c1ccccc1. The molecule has 0 aliphatic carbocycles. The molecule has 0 saturated carbocycles. The summed E-state index contributed by atoms with van der Waals surface area (Å²) in [5, 5.41) is 9.20. The summed E-state index contributed by atoms with van der Waals surface area (Å²) in [7, 11) is 0. The summed E-state index contributed by atoms with van der Waals surface area (Å²) in [5.74, 6) is 0. The van der Waals surface area contributed by atoms with E-state index in [4.69, 9.17) is 5.73 Å². The van der Waals surface area contributed by atoms with Crippen molar-refractivity contribution in [2.24, 2.45) is 5.73 Å². The highest BCUT2D eigenvalue weighted by Gasteiger charge is 2.01. The van der Waals surface area contributed by atoms with E-state index in [0.717, 1.165) is 5.56 Å². The minimum atomic E-state index is -0.513. The maximum Gasteiger partial charge on any atom is 0.0912 e. The molecule has 1 rings (SSSR count). The molecule has 0 spiro atoms. The predicted molar refractivity (Wildman–Crippen MR) is 40.5 cm³/mol. The zero-order valence-electron chi connectivity index (χ0n) is 5.70. The first-order valence-corrected chi connectivity index (χ1v) is 3.27. The summed E-state index contributed by atoms with van der Waals surface area (Å²) in [6, 6.07) is 9.39. The first-order valence-electron chi connectivity index (χ1n) is 3.27. The lowest BCUT2D eigenvalue weighted by Crippen LogP contribution is -2.10. The predicted octanol–water partition coefficient (Wildman–Crippen LogP) is 0.679. The van der Waals surface area contributed by atoms with Gasteiger partial charge in [-0.2, -0.15) is 0 Å². The van der Waals surface area contributed by atoms with Gasteiger partial charge >= 0.3 is 0 Å². The van der Waals surface area contributed by atoms with Gasteiger partial charge in [0.25, 0.3) is 0 Å². The molecule has 1 aromatic carbocycles. The highest BCUT2D eigenvalue weighted by Crippen LogP contribution is 2.08. The van der Waals surface area contributed by atoms with E-state index in [1.165, 1.54) is 0 Å². The molecule has 0 aliphatic heterocycles. The molecule has 54 valence electrons. The van der Waals surface area contributed by atoms with E-state index in [2.05, 4.69) is 0 Å². The van der Waals surface area contributed by atoms with Crippen molar-refractivity contribution in [3.8, 4) is 0 Å². The Kier molecular flexibility index (Phi) is 2.42. The fourth-order valence-electron chi connectivity index (χ4n) is 0.811. The second kappa shape index (κ2) is 3.34. The molecule has 0 bridgehead atoms. The van der Waals surface area contributed by atoms with Gasteiger partial charge < -0.3 is 10.8 Å². The maximum atomic E-state index is 9.20. The Morgan fingerprint density at radius 3 is 2.40 bits per heavy atom. The first kappa shape index (κ1) is 7.25. The Labute approximate surface area is 60.3 Å². The van der Waals surface area contributed by atoms with Crippen LogP contribution in [-0.2, 0) is 0 Å². The van der Waals surface area contributed by atoms with Crippen LogP contribution in [0, 0.1) is 0 Å². The van der Waals surface area contributed by atoms with Gasteiger partial charge in [0, 0.05) is 6.54 Å². The molecular formula is C8H11NO. The lowest BCUT2D eigenvalue weighted by atomic mass is 10.3. The largest absolute Gasteiger partial charge is 0.387 e. The topological polar surface area (TPSA) is 46.2 Å². The van der Waals surface area contributed by atoms with Crippen LogP contribution >= 0.6 is 0 Å². The summed E-state index contributed by atoms with van der Waals surface area (Å²) >= 11 is 0. The van der Waals surface area contributed by atoms with Crippen molar-refractivity contribution in [2.75, 3.05) is 6.54 Å². The third kappa shape index (κ3) is 1.56. The highest BCUT2D eigenvalue weighted by molar-refractivity contribution is 5.17. The molecule has 10 heavy (non-hydrogen) atoms. The fraction of sp³-hybridized carbons (Fsp3) is 0.250. The number of hydrogen-bond acceptors (Lipinski definition) is 2. The number of rotatable bonds is 2. The van der Waals surface area contributed by atoms with Crippen molar-refractivity contribution >= 4 is 0 Å². The Balaban J connectivity index is 2.75. The Hall–Kier alpha value is -0.860. The monoisotopic (exact) mass is 139 g/mol. The van der Waals surface area contributed by atoms with Crippen molar-refractivity contribution in [2.45, 2.75) is 6.10 Å². The zero-order valence-corrected chi connectivity index (χ0v) is 5.70. The van der Waals surface area contributed by atoms with Crippen LogP contribution in [0.25, 0.3) is 0 Å². The van der Waals surface area contributed by atoms with Gasteiger partial charge in [-0.25, -0.2) is 0 Å². The van der Waals surface area contributed by atoms with E-state index in [0.29, 0.717) is 0 Å². The molecule has 0 aliphatic rings. The number of nitrogens with two attached hydrogens (primary N) is 1. The molecule has 0 amide bonds. The van der Waals surface area contributed by atoms with E-state index < -0.39 is 6.10 Å². The lowest BCUT2D eigenvalue weighted by Gasteiger charge is -2.05. The van der Waals surface area contributed by atoms with Crippen molar-refractivity contribution in [1.29, 1.82) is 0 Å². The normalized spacial score (nSPS) is 13.0. The number of hydrogen-bond donors (Lipinski definition) is 2. The summed E-state index contributed by atoms with van der Waals surface area (Å²) in [6.07, 6.45) is -0.513. The molecular weight excluding hydrogens is 128 g/mol. The van der Waals surface area contributed by atoms with Gasteiger partial charge in [0.15, 0.2) is 0 Å². The molecule has 3 N–H and O–H groups in total. The Bertz CT molecular complexity index is 186. The maximum absolute atomic E-state index is 9.20. The third-order valence-electron chi connectivity index (χ3n) is 1.41. The van der Waals surface area contributed by atoms with Crippen molar-refractivity contribution in [3.05, 3.63) is 35.9 Å². The third-order valence-corrected chi connectivity index (χ3v) is 1.41. The first-order chi connectivity index (χ1) is 4.84. The molecule has 2 nitrogen and oxygen atoms in total. The van der Waals surface area contributed by atoms with Gasteiger partial charge in [0.2, 0.25) is 0 Å². The van der Waals surface area contributed by atoms with Gasteiger partial charge in [-0.3, -0.25) is 0 Å². The minimum absolute atomic E-state index is 0.282. The van der Waals surface area contributed by atoms with Gasteiger partial charge in [-0.05, 0) is 5.56 Å². The van der Waals surface area contributed by atoms with Crippen LogP contribution in [0.3, 0.4) is 0 Å². The summed E-state index contributed by atoms with van der Waals surface area (Å²) in [6.45, 7) is 0.282. The van der Waals surface area contributed by atoms with Crippen LogP contribution in [0.4, 0.5) is 0 Å². The van der Waals surface area contributed by atoms with Crippen molar-refractivity contribution in [1.82, 2.24) is 0 Å². The summed E-state index contributed by atoms with van der Waals surface area (Å²) in [4.78, 5) is 0. The molecule has 0 unspecified atom stereocenters. The number of benzene rings is 1. The number of aliphatic hydroxyl groups is 1. The average molecular weight is 139 g/mol. The molecule has 0 heterocycles. The standard InChI is InChI=1S/C8H11NO/c9-6-8(10)7-4-2-1-3-5-7/h1-5,8,10H,6,9H2/t8-/m1/s1/i8+2. The number of aliphatic hydroxyl groups excluding tert-OH is 1. The van der Waals surface area contributed by atoms with Crippen LogP contribution in [-0.4, -0.2) is 11.7 Å². The average Bonchev–Trinajstić information content (AvgIpc) is 2.05. The molecule has 1 aromatic rings. The Morgan fingerprint density at radius 1 is 1.30 bits per heavy atom. The molecule has 0 saturated heterocycles. The minimum Gasteiger partial charge on any atom is -0.387 e. The highest BCUT2D eigenvalue weighted by atomic mass is 16.5. The molecule has 0 radical (unpaired) electrons. The van der Waals surface area contributed by atoms with Gasteiger partial charge in [-0.1, -0.05) is 30.3 Å². The van der Waals surface area contributed by atoms with Crippen LogP contribution in [0.1, 0.15) is 11.7 Å². The summed E-state index contributed by atoms with van der Waals surface area (Å²) in [5.41, 5.74) is 6.13. The van der Waals surface area contributed by atoms with E-state index in [1.54, 1.807) is 0 Å². The van der Waals surface area contributed by atoms with Gasteiger partial charge in [0.1, 0.15) is 0 Å². The van der Waals surface area contributed by atoms with Crippen molar-refractivity contribution in [3.63, 3.8) is 0 Å². The molecule has 2 heteroatoms. The van der Waals surface area contributed by atoms with Crippen molar-refractivity contribution < 1.29 is 5.11 Å². The van der Waals surface area contributed by atoms with Crippen LogP contribution in [0.15, 0.2) is 30.3 Å². The van der Waals surface area contributed by atoms with E-state index in [1.807, 2.05) is 30.3 Å². The summed E-state index contributed by atoms with van der Waals surface area (Å²) < 4.78 is 0. The van der Waals surface area contributed by atoms with Crippen LogP contribution in [0.5, 0.6) is 0 Å². The lowest BCUT2D eigenvalue weighted by molar-refractivity contribution is 0.187. The fourth-order valence-corrected chi connectivity index (χ4v) is 0.811. The molecule has 0 aromatic heterocycles. The van der Waals surface area contributed by atoms with Gasteiger partial charge in [0.05, 0.1) is 6.10 Å². The Morgan fingerprint density at radius 2 is 1.90 bits per heavy atom. The molecule has 0 fully saturated rings. The smallest absolute Gasteiger partial charge is 0.0912 e. The van der Waals surface area contributed by atoms with Crippen LogP contribution in [0.2, 0.25) is 0 Å². The zero-order chi connectivity index (χ0) is 7.40. The second-order valence-electron chi connectivity index (χ2n) is 2.16. The molecule has 1 atom stereocenters. The van der Waals surface area contributed by atoms with E-state index in [9.17, 15) is 5.11 Å². The van der Waals surface area contributed by atoms with Crippen LogP contribution < -0.4 is 5.73 Å². The van der Waals surface area contributed by atoms with Gasteiger partial charge in [-0.15, -0.1) is 0 Å². The quantitative estimate of drug-likeness (QED) is 0.632. The second-order valence-corrected chi connectivity index (χ2v) is 2.16. The van der Waals surface area contributed by atoms with E-state index >= 15 is 0 Å².